The Morgan fingerprint density at radius 3 is 2.57 bits per heavy atom. The van der Waals surface area contributed by atoms with Gasteiger partial charge in [-0.1, -0.05) is 43.7 Å². The van der Waals surface area contributed by atoms with Gasteiger partial charge in [-0.05, 0) is 57.7 Å². The molecule has 1 heterocycles. The van der Waals surface area contributed by atoms with E-state index in [1.165, 1.54) is 17.6 Å². The Bertz CT molecular complexity index is 550. The zero-order valence-electron chi connectivity index (χ0n) is 14.9. The lowest BCUT2D eigenvalue weighted by molar-refractivity contribution is -0.129. The van der Waals surface area contributed by atoms with Crippen molar-refractivity contribution in [3.63, 3.8) is 0 Å². The van der Waals surface area contributed by atoms with Gasteiger partial charge in [-0.15, -0.1) is 0 Å². The largest absolute Gasteiger partial charge is 0.317 e. The Hall–Kier alpha value is -1.61. The van der Waals surface area contributed by atoms with Gasteiger partial charge in [0.15, 0.2) is 0 Å². The summed E-state index contributed by atoms with van der Waals surface area (Å²) in [6.45, 7) is 9.36. The molecule has 1 amide bonds. The van der Waals surface area contributed by atoms with Crippen molar-refractivity contribution in [1.82, 2.24) is 10.2 Å². The summed E-state index contributed by atoms with van der Waals surface area (Å²) in [7, 11) is 0. The van der Waals surface area contributed by atoms with Gasteiger partial charge in [-0.2, -0.15) is 0 Å². The van der Waals surface area contributed by atoms with E-state index < -0.39 is 0 Å². The van der Waals surface area contributed by atoms with Gasteiger partial charge >= 0.3 is 0 Å². The van der Waals surface area contributed by atoms with E-state index in [1.54, 1.807) is 0 Å². The maximum atomic E-state index is 12.6. The van der Waals surface area contributed by atoms with E-state index in [9.17, 15) is 4.79 Å². The first kappa shape index (κ1) is 17.7. The van der Waals surface area contributed by atoms with Crippen molar-refractivity contribution >= 4 is 5.91 Å². The minimum atomic E-state index is 0.0693. The minimum Gasteiger partial charge on any atom is -0.317 e. The molecule has 2 atom stereocenters. The van der Waals surface area contributed by atoms with E-state index in [0.717, 1.165) is 31.4 Å². The van der Waals surface area contributed by atoms with Crippen LogP contribution in [0, 0.1) is 0 Å². The number of carbonyl (C=O) groups is 1. The maximum absolute atomic E-state index is 12.6. The Morgan fingerprint density at radius 1 is 1.22 bits per heavy atom. The number of nitrogens with one attached hydrogen (secondary N) is 1. The van der Waals surface area contributed by atoms with Gasteiger partial charge in [-0.25, -0.2) is 0 Å². The fraction of sp³-hybridized carbons (Fsp3) is 0.550. The lowest BCUT2D eigenvalue weighted by Crippen LogP contribution is -2.49. The van der Waals surface area contributed by atoms with Crippen molar-refractivity contribution in [2.24, 2.45) is 0 Å². The van der Waals surface area contributed by atoms with E-state index in [2.05, 4.69) is 50.4 Å². The van der Waals surface area contributed by atoms with Gasteiger partial charge in [0.2, 0.25) is 0 Å². The fourth-order valence-electron chi connectivity index (χ4n) is 3.17. The zero-order chi connectivity index (χ0) is 16.8. The normalized spacial score (nSPS) is 19.6. The van der Waals surface area contributed by atoms with Crippen LogP contribution in [0.5, 0.6) is 0 Å². The number of benzene rings is 1. The molecule has 0 saturated heterocycles. The van der Waals surface area contributed by atoms with Crippen LogP contribution >= 0.6 is 0 Å². The SMILES string of the molecule is CCCCN[C@@H]1C(C)=C(C)C(=O)N1[C@@H](C)CCc1ccccc1. The van der Waals surface area contributed by atoms with Crippen molar-refractivity contribution in [3.8, 4) is 0 Å². The number of rotatable bonds is 8. The highest BCUT2D eigenvalue weighted by molar-refractivity contribution is 5.97. The van der Waals surface area contributed by atoms with Crippen molar-refractivity contribution in [1.29, 1.82) is 0 Å². The molecule has 0 radical (unpaired) electrons. The molecule has 1 aromatic carbocycles. The highest BCUT2D eigenvalue weighted by atomic mass is 16.2. The molecule has 0 saturated carbocycles. The van der Waals surface area contributed by atoms with Gasteiger partial charge in [0.25, 0.3) is 5.91 Å². The molecular weight excluding hydrogens is 284 g/mol. The molecule has 0 unspecified atom stereocenters. The summed E-state index contributed by atoms with van der Waals surface area (Å²) in [5.41, 5.74) is 3.42. The van der Waals surface area contributed by atoms with Crippen LogP contribution < -0.4 is 5.32 Å². The van der Waals surface area contributed by atoms with E-state index in [-0.39, 0.29) is 18.1 Å². The molecule has 1 N–H and O–H groups in total. The molecule has 2 rings (SSSR count). The zero-order valence-corrected chi connectivity index (χ0v) is 14.9. The smallest absolute Gasteiger partial charge is 0.251 e. The number of hydrogen-bond donors (Lipinski definition) is 1. The third-order valence-corrected chi connectivity index (χ3v) is 4.87. The highest BCUT2D eigenvalue weighted by Crippen LogP contribution is 2.27. The van der Waals surface area contributed by atoms with Crippen LogP contribution in [-0.4, -0.2) is 29.6 Å². The van der Waals surface area contributed by atoms with E-state index in [4.69, 9.17) is 0 Å². The summed E-state index contributed by atoms with van der Waals surface area (Å²) in [5.74, 6) is 0.192. The molecular formula is C20H30N2O. The van der Waals surface area contributed by atoms with E-state index in [1.807, 2.05) is 17.9 Å². The summed E-state index contributed by atoms with van der Waals surface area (Å²) in [4.78, 5) is 14.7. The minimum absolute atomic E-state index is 0.0693. The number of amides is 1. The van der Waals surface area contributed by atoms with Gasteiger partial charge in [0.1, 0.15) is 6.17 Å². The van der Waals surface area contributed by atoms with Gasteiger partial charge in [0, 0.05) is 11.6 Å². The quantitative estimate of drug-likeness (QED) is 0.738. The predicted molar refractivity (Wildman–Crippen MR) is 96.1 cm³/mol. The van der Waals surface area contributed by atoms with Crippen LogP contribution in [0.1, 0.15) is 52.5 Å². The summed E-state index contributed by atoms with van der Waals surface area (Å²) in [6.07, 6.45) is 4.37. The monoisotopic (exact) mass is 314 g/mol. The molecule has 3 nitrogen and oxygen atoms in total. The summed E-state index contributed by atoms with van der Waals surface area (Å²) >= 11 is 0. The first-order valence-electron chi connectivity index (χ1n) is 8.83. The summed E-state index contributed by atoms with van der Waals surface area (Å²) in [5, 5.41) is 3.57. The predicted octanol–water partition coefficient (Wildman–Crippen LogP) is 3.90. The number of aryl methyl sites for hydroxylation is 1. The first-order chi connectivity index (χ1) is 11.1. The fourth-order valence-corrected chi connectivity index (χ4v) is 3.17. The average Bonchev–Trinajstić information content (AvgIpc) is 2.78. The van der Waals surface area contributed by atoms with Crippen molar-refractivity contribution in [3.05, 3.63) is 47.0 Å². The summed E-state index contributed by atoms with van der Waals surface area (Å²) in [6, 6.07) is 10.7. The molecule has 126 valence electrons. The van der Waals surface area contributed by atoms with Crippen LogP contribution in [0.15, 0.2) is 41.5 Å². The molecule has 0 fully saturated rings. The van der Waals surface area contributed by atoms with E-state index >= 15 is 0 Å². The Labute approximate surface area is 140 Å². The second kappa shape index (κ2) is 8.30. The molecule has 1 aliphatic heterocycles. The molecule has 23 heavy (non-hydrogen) atoms. The van der Waals surface area contributed by atoms with Crippen LogP contribution in [0.4, 0.5) is 0 Å². The molecule has 3 heteroatoms. The van der Waals surface area contributed by atoms with Crippen LogP contribution in [-0.2, 0) is 11.2 Å². The number of unbranched alkanes of at least 4 members (excludes halogenated alkanes) is 1. The van der Waals surface area contributed by atoms with E-state index in [0.29, 0.717) is 0 Å². The van der Waals surface area contributed by atoms with Crippen LogP contribution in [0.3, 0.4) is 0 Å². The number of nitrogens with zero attached hydrogens (tertiary/aromatic N) is 1. The lowest BCUT2D eigenvalue weighted by atomic mass is 10.0. The Morgan fingerprint density at radius 2 is 1.91 bits per heavy atom. The molecule has 0 bridgehead atoms. The maximum Gasteiger partial charge on any atom is 0.251 e. The van der Waals surface area contributed by atoms with Crippen LogP contribution in [0.25, 0.3) is 0 Å². The molecule has 0 aliphatic carbocycles. The Balaban J connectivity index is 2.01. The lowest BCUT2D eigenvalue weighted by Gasteiger charge is -2.33. The third kappa shape index (κ3) is 4.23. The molecule has 0 aromatic heterocycles. The van der Waals surface area contributed by atoms with Crippen molar-refractivity contribution in [2.75, 3.05) is 6.54 Å². The molecule has 0 spiro atoms. The standard InChI is InChI=1S/C20H30N2O/c1-5-6-14-21-19-16(3)17(4)20(23)22(19)15(2)12-13-18-10-8-7-9-11-18/h7-11,15,19,21H,5-6,12-14H2,1-4H3/t15-,19-/m0/s1. The second-order valence-corrected chi connectivity index (χ2v) is 6.60. The molecule has 1 aromatic rings. The van der Waals surface area contributed by atoms with Crippen molar-refractivity contribution in [2.45, 2.75) is 65.6 Å². The summed E-state index contributed by atoms with van der Waals surface area (Å²) < 4.78 is 0. The average molecular weight is 314 g/mol. The Kier molecular flexibility index (Phi) is 6.40. The van der Waals surface area contributed by atoms with Crippen molar-refractivity contribution < 1.29 is 4.79 Å². The first-order valence-corrected chi connectivity index (χ1v) is 8.83. The number of hydrogen-bond acceptors (Lipinski definition) is 2. The molecule has 1 aliphatic rings. The number of carbonyl (C=O) groups excluding carboxylic acids is 1. The third-order valence-electron chi connectivity index (χ3n) is 4.87. The van der Waals surface area contributed by atoms with Gasteiger partial charge in [0.05, 0.1) is 0 Å². The van der Waals surface area contributed by atoms with Crippen LogP contribution in [0.2, 0.25) is 0 Å². The highest BCUT2D eigenvalue weighted by Gasteiger charge is 2.36. The van der Waals surface area contributed by atoms with Gasteiger partial charge in [-0.3, -0.25) is 10.1 Å². The topological polar surface area (TPSA) is 32.3 Å². The van der Waals surface area contributed by atoms with Gasteiger partial charge < -0.3 is 4.90 Å². The second-order valence-electron chi connectivity index (χ2n) is 6.60.